The van der Waals surface area contributed by atoms with Crippen molar-refractivity contribution in [1.82, 2.24) is 0 Å². The predicted molar refractivity (Wildman–Crippen MR) is 74.0 cm³/mol. The van der Waals surface area contributed by atoms with Gasteiger partial charge in [-0.15, -0.1) is 11.6 Å². The van der Waals surface area contributed by atoms with Crippen LogP contribution in [0.25, 0.3) is 0 Å². The number of alkyl halides is 1. The highest BCUT2D eigenvalue weighted by atomic mass is 79.9. The molecule has 0 spiro atoms. The lowest BCUT2D eigenvalue weighted by atomic mass is 10.2. The van der Waals surface area contributed by atoms with E-state index in [0.717, 1.165) is 0 Å². The minimum atomic E-state index is -0.492. The molecule has 0 heterocycles. The Bertz CT molecular complexity index is 491. The number of hydrogen-bond acceptors (Lipinski definition) is 4. The Morgan fingerprint density at radius 2 is 2.17 bits per heavy atom. The Balaban J connectivity index is 3.31. The monoisotopic (exact) mass is 334 g/mol. The predicted octanol–water partition coefficient (Wildman–Crippen LogP) is 2.47. The second-order valence-electron chi connectivity index (χ2n) is 3.23. The smallest absolute Gasteiger partial charge is 0.341 e. The Morgan fingerprint density at radius 1 is 1.50 bits per heavy atom. The van der Waals surface area contributed by atoms with Crippen molar-refractivity contribution in [2.24, 2.45) is 10.7 Å². The lowest BCUT2D eigenvalue weighted by Gasteiger charge is -2.09. The average Bonchev–Trinajstić information content (AvgIpc) is 2.39. The zero-order valence-electron chi connectivity index (χ0n) is 9.87. The number of aliphatic imine (C=N–C) groups is 1. The van der Waals surface area contributed by atoms with Crippen molar-refractivity contribution in [3.05, 3.63) is 22.2 Å². The zero-order valence-corrected chi connectivity index (χ0v) is 12.2. The molecule has 0 amide bonds. The Hall–Kier alpha value is -1.27. The van der Waals surface area contributed by atoms with Gasteiger partial charge in [0, 0.05) is 10.5 Å². The summed E-state index contributed by atoms with van der Waals surface area (Å²) in [6.45, 7) is 0. The lowest BCUT2D eigenvalue weighted by molar-refractivity contribution is 0.0597. The van der Waals surface area contributed by atoms with Crippen molar-refractivity contribution in [2.45, 2.75) is 0 Å². The molecule has 1 aromatic carbocycles. The van der Waals surface area contributed by atoms with E-state index in [4.69, 9.17) is 22.1 Å². The van der Waals surface area contributed by atoms with Gasteiger partial charge in [-0.2, -0.15) is 0 Å². The number of carbonyl (C=O) groups excluding carboxylic acids is 1. The lowest BCUT2D eigenvalue weighted by Crippen LogP contribution is -2.12. The van der Waals surface area contributed by atoms with Gasteiger partial charge in [-0.25, -0.2) is 9.79 Å². The van der Waals surface area contributed by atoms with Gasteiger partial charge < -0.3 is 15.2 Å². The topological polar surface area (TPSA) is 73.9 Å². The quantitative estimate of drug-likeness (QED) is 0.397. The molecule has 1 aromatic rings. The second kappa shape index (κ2) is 6.61. The van der Waals surface area contributed by atoms with E-state index in [2.05, 4.69) is 25.7 Å². The summed E-state index contributed by atoms with van der Waals surface area (Å²) in [6.07, 6.45) is 0. The summed E-state index contributed by atoms with van der Waals surface area (Å²) in [5.41, 5.74) is 6.38. The Kier molecular flexibility index (Phi) is 5.43. The van der Waals surface area contributed by atoms with Gasteiger partial charge in [0.05, 0.1) is 25.8 Å². The van der Waals surface area contributed by atoms with Crippen LogP contribution in [-0.2, 0) is 4.74 Å². The summed E-state index contributed by atoms with van der Waals surface area (Å²) < 4.78 is 10.4. The Morgan fingerprint density at radius 3 is 2.67 bits per heavy atom. The van der Waals surface area contributed by atoms with Gasteiger partial charge in [0.1, 0.15) is 17.1 Å². The Labute approximate surface area is 118 Å². The molecule has 0 saturated carbocycles. The molecule has 0 bridgehead atoms. The molecule has 1 rings (SSSR count). The maximum absolute atomic E-state index is 11.5. The second-order valence-corrected chi connectivity index (χ2v) is 4.35. The van der Waals surface area contributed by atoms with Crippen LogP contribution < -0.4 is 10.5 Å². The van der Waals surface area contributed by atoms with Crippen LogP contribution in [-0.4, -0.2) is 31.9 Å². The van der Waals surface area contributed by atoms with Gasteiger partial charge in [-0.3, -0.25) is 0 Å². The van der Waals surface area contributed by atoms with Gasteiger partial charge in [0.15, 0.2) is 0 Å². The number of hydrogen-bond donors (Lipinski definition) is 1. The largest absolute Gasteiger partial charge is 0.496 e. The van der Waals surface area contributed by atoms with E-state index >= 15 is 0 Å². The van der Waals surface area contributed by atoms with Crippen LogP contribution in [0.15, 0.2) is 21.6 Å². The minimum absolute atomic E-state index is 0.119. The summed E-state index contributed by atoms with van der Waals surface area (Å²) >= 11 is 8.85. The number of methoxy groups -OCH3 is 2. The van der Waals surface area contributed by atoms with Crippen molar-refractivity contribution in [3.8, 4) is 5.75 Å². The highest BCUT2D eigenvalue weighted by molar-refractivity contribution is 9.10. The van der Waals surface area contributed by atoms with E-state index in [1.54, 1.807) is 12.1 Å². The summed E-state index contributed by atoms with van der Waals surface area (Å²) in [5.74, 6) is 0.248. The maximum atomic E-state index is 11.5. The van der Waals surface area contributed by atoms with Crippen molar-refractivity contribution in [3.63, 3.8) is 0 Å². The first kappa shape index (κ1) is 14.8. The van der Waals surface area contributed by atoms with E-state index in [-0.39, 0.29) is 11.7 Å². The maximum Gasteiger partial charge on any atom is 0.341 e. The van der Waals surface area contributed by atoms with E-state index in [9.17, 15) is 4.79 Å². The fourth-order valence-corrected chi connectivity index (χ4v) is 1.74. The number of amidine groups is 1. The molecule has 18 heavy (non-hydrogen) atoms. The molecule has 0 aliphatic carbocycles. The third-order valence-electron chi connectivity index (χ3n) is 2.08. The third-order valence-corrected chi connectivity index (χ3v) is 2.98. The highest BCUT2D eigenvalue weighted by Gasteiger charge is 2.16. The number of esters is 1. The summed E-state index contributed by atoms with van der Waals surface area (Å²) in [4.78, 5) is 15.6. The first-order chi connectivity index (χ1) is 8.53. The van der Waals surface area contributed by atoms with Crippen LogP contribution in [0.2, 0.25) is 0 Å². The molecule has 2 N–H and O–H groups in total. The van der Waals surface area contributed by atoms with Crippen LogP contribution in [0.1, 0.15) is 10.4 Å². The van der Waals surface area contributed by atoms with E-state index in [0.29, 0.717) is 21.5 Å². The molecule has 7 heteroatoms. The van der Waals surface area contributed by atoms with Gasteiger partial charge in [0.25, 0.3) is 0 Å². The van der Waals surface area contributed by atoms with Crippen molar-refractivity contribution >= 4 is 45.0 Å². The SMILES string of the molecule is COC(=O)c1cc(Br)c(N=C(N)CCl)cc1OC. The molecule has 0 atom stereocenters. The van der Waals surface area contributed by atoms with Gasteiger partial charge in [-0.1, -0.05) is 0 Å². The van der Waals surface area contributed by atoms with Crippen LogP contribution in [0.3, 0.4) is 0 Å². The normalized spacial score (nSPS) is 11.2. The van der Waals surface area contributed by atoms with Crippen molar-refractivity contribution in [1.29, 1.82) is 0 Å². The number of carbonyl (C=O) groups is 1. The summed E-state index contributed by atoms with van der Waals surface area (Å²) in [6, 6.07) is 3.14. The van der Waals surface area contributed by atoms with E-state index < -0.39 is 5.97 Å². The first-order valence-electron chi connectivity index (χ1n) is 4.88. The molecule has 5 nitrogen and oxygen atoms in total. The van der Waals surface area contributed by atoms with Crippen LogP contribution in [0, 0.1) is 0 Å². The third kappa shape index (κ3) is 3.36. The van der Waals surface area contributed by atoms with Crippen LogP contribution in [0.4, 0.5) is 5.69 Å². The standard InChI is InChI=1S/C11H12BrClN2O3/c1-17-9-4-8(15-10(14)5-13)7(12)3-6(9)11(16)18-2/h3-4H,5H2,1-2H3,(H2,14,15). The molecular formula is C11H12BrClN2O3. The fourth-order valence-electron chi connectivity index (χ4n) is 1.25. The van der Waals surface area contributed by atoms with Crippen LogP contribution in [0.5, 0.6) is 5.75 Å². The van der Waals surface area contributed by atoms with Crippen molar-refractivity contribution < 1.29 is 14.3 Å². The number of nitrogens with two attached hydrogens (primary N) is 1. The number of rotatable bonds is 4. The molecule has 0 radical (unpaired) electrons. The molecule has 0 fully saturated rings. The molecule has 0 aromatic heterocycles. The summed E-state index contributed by atoms with van der Waals surface area (Å²) in [7, 11) is 2.75. The molecule has 98 valence electrons. The van der Waals surface area contributed by atoms with Gasteiger partial charge in [0.2, 0.25) is 0 Å². The number of ether oxygens (including phenoxy) is 2. The molecule has 0 saturated heterocycles. The zero-order chi connectivity index (χ0) is 13.7. The van der Waals surface area contributed by atoms with E-state index in [1.165, 1.54) is 14.2 Å². The first-order valence-corrected chi connectivity index (χ1v) is 6.21. The molecule has 0 aliphatic rings. The average molecular weight is 336 g/mol. The molecular weight excluding hydrogens is 323 g/mol. The number of benzene rings is 1. The minimum Gasteiger partial charge on any atom is -0.496 e. The van der Waals surface area contributed by atoms with Gasteiger partial charge in [-0.05, 0) is 22.0 Å². The highest BCUT2D eigenvalue weighted by Crippen LogP contribution is 2.33. The van der Waals surface area contributed by atoms with Crippen molar-refractivity contribution in [2.75, 3.05) is 20.1 Å². The molecule has 0 aliphatic heterocycles. The fraction of sp³-hybridized carbons (Fsp3) is 0.273. The van der Waals surface area contributed by atoms with Gasteiger partial charge >= 0.3 is 5.97 Å². The van der Waals surface area contributed by atoms with Crippen LogP contribution >= 0.6 is 27.5 Å². The molecule has 0 unspecified atom stereocenters. The summed E-state index contributed by atoms with van der Waals surface area (Å²) in [5, 5.41) is 0. The number of halogens is 2. The van der Waals surface area contributed by atoms with E-state index in [1.807, 2.05) is 0 Å². The number of nitrogens with zero attached hydrogens (tertiary/aromatic N) is 1.